The minimum Gasteiger partial charge on any atom is -0.444 e. The van der Waals surface area contributed by atoms with Gasteiger partial charge in [-0.3, -0.25) is 9.59 Å². The third-order valence-corrected chi connectivity index (χ3v) is 7.02. The highest BCUT2D eigenvalue weighted by atomic mass is 19.1. The van der Waals surface area contributed by atoms with Crippen molar-refractivity contribution in [3.8, 4) is 0 Å². The SMILES string of the molecule is CN1C(=O)C(NC(=O)C(Cc2ccccc2F)NC(=O)OC(C)(C)C)CN(CC2CCC2)c2ccccc21. The van der Waals surface area contributed by atoms with Crippen LogP contribution in [0.5, 0.6) is 0 Å². The Labute approximate surface area is 223 Å². The zero-order valence-electron chi connectivity index (χ0n) is 22.5. The van der Waals surface area contributed by atoms with Crippen molar-refractivity contribution in [2.75, 3.05) is 29.9 Å². The fourth-order valence-electron chi connectivity index (χ4n) is 4.85. The van der Waals surface area contributed by atoms with Crippen molar-refractivity contribution in [3.63, 3.8) is 0 Å². The molecule has 204 valence electrons. The molecule has 1 aliphatic carbocycles. The van der Waals surface area contributed by atoms with Gasteiger partial charge >= 0.3 is 6.09 Å². The van der Waals surface area contributed by atoms with Gasteiger partial charge in [-0.1, -0.05) is 36.8 Å². The maximum atomic E-state index is 14.5. The molecule has 0 spiro atoms. The van der Waals surface area contributed by atoms with E-state index in [2.05, 4.69) is 15.5 Å². The lowest BCUT2D eigenvalue weighted by atomic mass is 9.85. The van der Waals surface area contributed by atoms with Crippen molar-refractivity contribution in [2.24, 2.45) is 5.92 Å². The van der Waals surface area contributed by atoms with E-state index in [4.69, 9.17) is 4.74 Å². The van der Waals surface area contributed by atoms with Gasteiger partial charge in [-0.05, 0) is 63.3 Å². The molecule has 8 nitrogen and oxygen atoms in total. The lowest BCUT2D eigenvalue weighted by molar-refractivity contribution is -0.128. The second kappa shape index (κ2) is 11.4. The normalized spacial score (nSPS) is 18.7. The molecule has 2 unspecified atom stereocenters. The maximum Gasteiger partial charge on any atom is 0.408 e. The van der Waals surface area contributed by atoms with Crippen LogP contribution in [0.15, 0.2) is 48.5 Å². The summed E-state index contributed by atoms with van der Waals surface area (Å²) in [7, 11) is 1.70. The average Bonchev–Trinajstić information content (AvgIpc) is 2.92. The van der Waals surface area contributed by atoms with Crippen molar-refractivity contribution in [1.29, 1.82) is 0 Å². The second-order valence-electron chi connectivity index (χ2n) is 11.1. The van der Waals surface area contributed by atoms with E-state index in [9.17, 15) is 18.8 Å². The van der Waals surface area contributed by atoms with Crippen molar-refractivity contribution >= 4 is 29.3 Å². The van der Waals surface area contributed by atoms with Crippen LogP contribution in [0, 0.1) is 11.7 Å². The van der Waals surface area contributed by atoms with E-state index >= 15 is 0 Å². The average molecular weight is 525 g/mol. The Balaban J connectivity index is 1.57. The molecule has 9 heteroatoms. The lowest BCUT2D eigenvalue weighted by Crippen LogP contribution is -2.57. The van der Waals surface area contributed by atoms with Crippen LogP contribution in [0.2, 0.25) is 0 Å². The molecular weight excluding hydrogens is 487 g/mol. The molecule has 1 fully saturated rings. The summed E-state index contributed by atoms with van der Waals surface area (Å²) in [4.78, 5) is 43.4. The molecule has 0 aromatic heterocycles. The number of fused-ring (bicyclic) bond motifs is 1. The second-order valence-corrected chi connectivity index (χ2v) is 11.1. The number of anilines is 2. The molecule has 3 amide bonds. The topological polar surface area (TPSA) is 91.0 Å². The quantitative estimate of drug-likeness (QED) is 0.571. The molecule has 0 radical (unpaired) electrons. The van der Waals surface area contributed by atoms with Gasteiger partial charge < -0.3 is 25.2 Å². The maximum absolute atomic E-state index is 14.5. The molecule has 0 bridgehead atoms. The van der Waals surface area contributed by atoms with Gasteiger partial charge in [-0.25, -0.2) is 9.18 Å². The van der Waals surface area contributed by atoms with Crippen LogP contribution in [0.1, 0.15) is 45.6 Å². The number of hydrogen-bond acceptors (Lipinski definition) is 5. The zero-order chi connectivity index (χ0) is 27.4. The summed E-state index contributed by atoms with van der Waals surface area (Å²) in [6.45, 7) is 6.23. The van der Waals surface area contributed by atoms with Crippen molar-refractivity contribution in [1.82, 2.24) is 10.6 Å². The highest BCUT2D eigenvalue weighted by molar-refractivity contribution is 6.03. The van der Waals surface area contributed by atoms with E-state index in [1.807, 2.05) is 24.3 Å². The van der Waals surface area contributed by atoms with Crippen LogP contribution in [-0.2, 0) is 20.7 Å². The summed E-state index contributed by atoms with van der Waals surface area (Å²) in [5.41, 5.74) is 1.22. The fraction of sp³-hybridized carbons (Fsp3) is 0.483. The van der Waals surface area contributed by atoms with Gasteiger partial charge in [0.05, 0.1) is 11.4 Å². The summed E-state index contributed by atoms with van der Waals surface area (Å²) in [5.74, 6) is -0.784. The highest BCUT2D eigenvalue weighted by Gasteiger charge is 2.36. The number of nitrogens with one attached hydrogen (secondary N) is 2. The number of ether oxygens (including phenoxy) is 1. The first kappa shape index (κ1) is 27.4. The molecule has 2 N–H and O–H groups in total. The van der Waals surface area contributed by atoms with Gasteiger partial charge in [0.1, 0.15) is 23.5 Å². The molecule has 2 aromatic rings. The van der Waals surface area contributed by atoms with Gasteiger partial charge in [0.15, 0.2) is 0 Å². The van der Waals surface area contributed by atoms with Crippen LogP contribution < -0.4 is 20.4 Å². The van der Waals surface area contributed by atoms with Gasteiger partial charge in [-0.2, -0.15) is 0 Å². The van der Waals surface area contributed by atoms with E-state index < -0.39 is 35.5 Å². The van der Waals surface area contributed by atoms with Gasteiger partial charge in [0, 0.05) is 26.6 Å². The molecule has 1 heterocycles. The standard InChI is InChI=1S/C29H37FN4O4/c1-29(2,3)38-28(37)32-22(16-20-12-5-6-13-21(20)30)26(35)31-23-18-34(17-19-10-9-11-19)25-15-8-7-14-24(25)33(4)27(23)36/h5-8,12-15,19,22-23H,9-11,16-18H2,1-4H3,(H,31,35)(H,32,37). The summed E-state index contributed by atoms with van der Waals surface area (Å²) in [6, 6.07) is 11.8. The number of carbonyl (C=O) groups excluding carboxylic acids is 3. The van der Waals surface area contributed by atoms with E-state index in [1.165, 1.54) is 12.5 Å². The monoisotopic (exact) mass is 524 g/mol. The summed E-state index contributed by atoms with van der Waals surface area (Å²) < 4.78 is 19.8. The minimum absolute atomic E-state index is 0.0967. The molecule has 2 aromatic carbocycles. The third-order valence-electron chi connectivity index (χ3n) is 7.02. The van der Waals surface area contributed by atoms with Crippen molar-refractivity contribution < 1.29 is 23.5 Å². The first-order valence-corrected chi connectivity index (χ1v) is 13.2. The van der Waals surface area contributed by atoms with E-state index in [0.717, 1.165) is 30.8 Å². The molecule has 1 aliphatic heterocycles. The van der Waals surface area contributed by atoms with E-state index in [-0.39, 0.29) is 17.9 Å². The number of amides is 3. The number of benzene rings is 2. The first-order chi connectivity index (χ1) is 18.0. The minimum atomic E-state index is -1.15. The zero-order valence-corrected chi connectivity index (χ0v) is 22.5. The van der Waals surface area contributed by atoms with Crippen molar-refractivity contribution in [2.45, 2.75) is 64.1 Å². The Hall–Kier alpha value is -3.62. The number of likely N-dealkylation sites (N-methyl/N-ethyl adjacent to an activating group) is 1. The van der Waals surface area contributed by atoms with Crippen LogP contribution in [0.4, 0.5) is 20.6 Å². The van der Waals surface area contributed by atoms with Crippen LogP contribution >= 0.6 is 0 Å². The number of rotatable bonds is 7. The largest absolute Gasteiger partial charge is 0.444 e. The summed E-state index contributed by atoms with van der Waals surface area (Å²) in [6.07, 6.45) is 2.60. The molecule has 2 atom stereocenters. The van der Waals surface area contributed by atoms with Crippen LogP contribution in [0.3, 0.4) is 0 Å². The third kappa shape index (κ3) is 6.62. The van der Waals surface area contributed by atoms with Crippen LogP contribution in [-0.4, -0.2) is 55.7 Å². The highest BCUT2D eigenvalue weighted by Crippen LogP contribution is 2.35. The van der Waals surface area contributed by atoms with Gasteiger partial charge in [-0.15, -0.1) is 0 Å². The van der Waals surface area contributed by atoms with Crippen molar-refractivity contribution in [3.05, 3.63) is 59.9 Å². The molecule has 38 heavy (non-hydrogen) atoms. The number of halogens is 1. The predicted octanol–water partition coefficient (Wildman–Crippen LogP) is 4.03. The number of nitrogens with zero attached hydrogens (tertiary/aromatic N) is 2. The van der Waals surface area contributed by atoms with Gasteiger partial charge in [0.2, 0.25) is 5.91 Å². The summed E-state index contributed by atoms with van der Waals surface area (Å²) >= 11 is 0. The Morgan fingerprint density at radius 2 is 1.74 bits per heavy atom. The molecule has 2 aliphatic rings. The van der Waals surface area contributed by atoms with Crippen LogP contribution in [0.25, 0.3) is 0 Å². The summed E-state index contributed by atoms with van der Waals surface area (Å²) in [5, 5.41) is 5.44. The van der Waals surface area contributed by atoms with E-state index in [1.54, 1.807) is 50.9 Å². The molecule has 4 rings (SSSR count). The molecular formula is C29H37FN4O4. The smallest absolute Gasteiger partial charge is 0.408 e. The Kier molecular flexibility index (Phi) is 8.23. The molecule has 0 saturated heterocycles. The van der Waals surface area contributed by atoms with Gasteiger partial charge in [0.25, 0.3) is 5.91 Å². The first-order valence-electron chi connectivity index (χ1n) is 13.2. The Bertz CT molecular complexity index is 1180. The van der Waals surface area contributed by atoms with E-state index in [0.29, 0.717) is 12.5 Å². The lowest BCUT2D eigenvalue weighted by Gasteiger charge is -2.34. The number of hydrogen-bond donors (Lipinski definition) is 2. The number of alkyl carbamates (subject to hydrolysis) is 1. The fourth-order valence-corrected chi connectivity index (χ4v) is 4.85. The number of carbonyl (C=O) groups is 3. The Morgan fingerprint density at radius 3 is 2.37 bits per heavy atom. The number of para-hydroxylation sites is 2. The predicted molar refractivity (Wildman–Crippen MR) is 145 cm³/mol. The molecule has 1 saturated carbocycles. The Morgan fingerprint density at radius 1 is 1.08 bits per heavy atom.